The summed E-state index contributed by atoms with van der Waals surface area (Å²) in [6.45, 7) is 0.452. The molecular formula is C19H16FN5O3. The van der Waals surface area contributed by atoms with E-state index in [0.717, 1.165) is 5.56 Å². The van der Waals surface area contributed by atoms with Crippen LogP contribution in [-0.2, 0) is 6.54 Å². The van der Waals surface area contributed by atoms with Crippen LogP contribution < -0.4 is 9.47 Å². The summed E-state index contributed by atoms with van der Waals surface area (Å²) in [5, 5.41) is 12.1. The third-order valence-electron chi connectivity index (χ3n) is 4.08. The van der Waals surface area contributed by atoms with E-state index >= 15 is 0 Å². The van der Waals surface area contributed by atoms with E-state index < -0.39 is 0 Å². The van der Waals surface area contributed by atoms with Crippen LogP contribution in [0.25, 0.3) is 23.0 Å². The first-order valence-electron chi connectivity index (χ1n) is 8.37. The summed E-state index contributed by atoms with van der Waals surface area (Å²) >= 11 is 0. The number of benzene rings is 2. The molecule has 8 nitrogen and oxygen atoms in total. The summed E-state index contributed by atoms with van der Waals surface area (Å²) in [6, 6.07) is 11.5. The maximum Gasteiger partial charge on any atom is 0.258 e. The van der Waals surface area contributed by atoms with Gasteiger partial charge in [0.2, 0.25) is 5.82 Å². The largest absolute Gasteiger partial charge is 0.493 e. The van der Waals surface area contributed by atoms with Crippen molar-refractivity contribution in [1.82, 2.24) is 25.1 Å². The zero-order valence-corrected chi connectivity index (χ0v) is 15.2. The summed E-state index contributed by atoms with van der Waals surface area (Å²) in [7, 11) is 3.12. The van der Waals surface area contributed by atoms with Gasteiger partial charge in [0.1, 0.15) is 5.82 Å². The molecule has 142 valence electrons. The quantitative estimate of drug-likeness (QED) is 0.507. The van der Waals surface area contributed by atoms with Crippen LogP contribution in [0.1, 0.15) is 5.56 Å². The number of nitrogens with zero attached hydrogens (tertiary/aromatic N) is 5. The molecule has 0 spiro atoms. The molecular weight excluding hydrogens is 365 g/mol. The van der Waals surface area contributed by atoms with Crippen molar-refractivity contribution >= 4 is 0 Å². The molecule has 0 aliphatic rings. The smallest absolute Gasteiger partial charge is 0.258 e. The van der Waals surface area contributed by atoms with E-state index in [2.05, 4.69) is 20.5 Å². The summed E-state index contributed by atoms with van der Waals surface area (Å²) in [6.07, 6.45) is 1.70. The maximum absolute atomic E-state index is 13.0. The molecule has 0 aliphatic heterocycles. The minimum Gasteiger partial charge on any atom is -0.493 e. The second kappa shape index (κ2) is 7.47. The lowest BCUT2D eigenvalue weighted by atomic mass is 10.2. The average molecular weight is 381 g/mol. The van der Waals surface area contributed by atoms with Crippen molar-refractivity contribution in [3.8, 4) is 34.5 Å². The molecule has 0 unspecified atom stereocenters. The van der Waals surface area contributed by atoms with Crippen LogP contribution in [0, 0.1) is 5.82 Å². The fourth-order valence-corrected chi connectivity index (χ4v) is 2.67. The standard InChI is InChI=1S/C19H16FN5O3/c1-26-16-8-5-13(9-17(16)27-2)19-21-18(23-28-19)15-11-25(24-22-15)10-12-3-6-14(20)7-4-12/h3-9,11H,10H2,1-2H3. The summed E-state index contributed by atoms with van der Waals surface area (Å²) in [5.41, 5.74) is 2.06. The summed E-state index contributed by atoms with van der Waals surface area (Å²) in [4.78, 5) is 4.37. The average Bonchev–Trinajstić information content (AvgIpc) is 3.39. The van der Waals surface area contributed by atoms with Gasteiger partial charge in [-0.05, 0) is 35.9 Å². The minimum absolute atomic E-state index is 0.280. The van der Waals surface area contributed by atoms with Crippen LogP contribution in [0.5, 0.6) is 11.5 Å². The molecule has 0 atom stereocenters. The molecule has 4 aromatic rings. The molecule has 0 aliphatic carbocycles. The molecule has 2 aromatic heterocycles. The summed E-state index contributed by atoms with van der Waals surface area (Å²) in [5.74, 6) is 1.52. The topological polar surface area (TPSA) is 88.1 Å². The first-order chi connectivity index (χ1) is 13.7. The fourth-order valence-electron chi connectivity index (χ4n) is 2.67. The predicted molar refractivity (Wildman–Crippen MR) is 97.4 cm³/mol. The highest BCUT2D eigenvalue weighted by Gasteiger charge is 2.15. The van der Waals surface area contributed by atoms with E-state index in [4.69, 9.17) is 14.0 Å². The second-order valence-corrected chi connectivity index (χ2v) is 5.92. The fraction of sp³-hybridized carbons (Fsp3) is 0.158. The van der Waals surface area contributed by atoms with Gasteiger partial charge in [-0.2, -0.15) is 4.98 Å². The number of aromatic nitrogens is 5. The molecule has 0 amide bonds. The van der Waals surface area contributed by atoms with Crippen molar-refractivity contribution in [2.75, 3.05) is 14.2 Å². The molecule has 28 heavy (non-hydrogen) atoms. The third kappa shape index (κ3) is 3.54. The first-order valence-corrected chi connectivity index (χ1v) is 8.37. The van der Waals surface area contributed by atoms with Gasteiger partial charge < -0.3 is 14.0 Å². The van der Waals surface area contributed by atoms with Crippen molar-refractivity contribution in [2.24, 2.45) is 0 Å². The van der Waals surface area contributed by atoms with E-state index in [1.807, 2.05) is 0 Å². The zero-order chi connectivity index (χ0) is 19.5. The van der Waals surface area contributed by atoms with Crippen molar-refractivity contribution < 1.29 is 18.4 Å². The van der Waals surface area contributed by atoms with Gasteiger partial charge in [0.05, 0.1) is 27.0 Å². The molecule has 2 heterocycles. The van der Waals surface area contributed by atoms with E-state index in [-0.39, 0.29) is 5.82 Å². The lowest BCUT2D eigenvalue weighted by Gasteiger charge is -2.07. The van der Waals surface area contributed by atoms with Crippen LogP contribution in [0.4, 0.5) is 4.39 Å². The molecule has 0 N–H and O–H groups in total. The van der Waals surface area contributed by atoms with E-state index in [9.17, 15) is 4.39 Å². The van der Waals surface area contributed by atoms with Crippen molar-refractivity contribution in [1.29, 1.82) is 0 Å². The Morgan fingerprint density at radius 1 is 1.04 bits per heavy atom. The molecule has 9 heteroatoms. The molecule has 0 radical (unpaired) electrons. The van der Waals surface area contributed by atoms with Gasteiger partial charge in [-0.1, -0.05) is 22.5 Å². The number of methoxy groups -OCH3 is 2. The van der Waals surface area contributed by atoms with Gasteiger partial charge >= 0.3 is 0 Å². The molecule has 0 bridgehead atoms. The van der Waals surface area contributed by atoms with Crippen LogP contribution in [-0.4, -0.2) is 39.4 Å². The first kappa shape index (κ1) is 17.7. The highest BCUT2D eigenvalue weighted by Crippen LogP contribution is 2.32. The molecule has 4 rings (SSSR count). The van der Waals surface area contributed by atoms with Gasteiger partial charge in [0.25, 0.3) is 5.89 Å². The highest BCUT2D eigenvalue weighted by molar-refractivity contribution is 5.61. The van der Waals surface area contributed by atoms with E-state index in [1.165, 1.54) is 12.1 Å². The Kier molecular flexibility index (Phi) is 4.71. The van der Waals surface area contributed by atoms with Gasteiger partial charge in [0.15, 0.2) is 17.2 Å². The number of halogens is 1. The number of ether oxygens (including phenoxy) is 2. The Bertz CT molecular complexity index is 1090. The van der Waals surface area contributed by atoms with Gasteiger partial charge in [-0.3, -0.25) is 0 Å². The number of hydrogen-bond acceptors (Lipinski definition) is 7. The Morgan fingerprint density at radius 3 is 2.57 bits per heavy atom. The lowest BCUT2D eigenvalue weighted by molar-refractivity contribution is 0.355. The van der Waals surface area contributed by atoms with Crippen LogP contribution >= 0.6 is 0 Å². The van der Waals surface area contributed by atoms with Gasteiger partial charge in [-0.25, -0.2) is 9.07 Å². The SMILES string of the molecule is COc1ccc(-c2nc(-c3cn(Cc4ccc(F)cc4)nn3)no2)cc1OC. The second-order valence-electron chi connectivity index (χ2n) is 5.92. The van der Waals surface area contributed by atoms with Gasteiger partial charge in [0, 0.05) is 5.56 Å². The third-order valence-corrected chi connectivity index (χ3v) is 4.08. The highest BCUT2D eigenvalue weighted by atomic mass is 19.1. The van der Waals surface area contributed by atoms with Crippen molar-refractivity contribution in [2.45, 2.75) is 6.54 Å². The Hall–Kier alpha value is -3.75. The van der Waals surface area contributed by atoms with Crippen molar-refractivity contribution in [3.63, 3.8) is 0 Å². The van der Waals surface area contributed by atoms with E-state index in [1.54, 1.807) is 55.4 Å². The van der Waals surface area contributed by atoms with E-state index in [0.29, 0.717) is 41.0 Å². The molecule has 0 saturated carbocycles. The number of hydrogen-bond donors (Lipinski definition) is 0. The predicted octanol–water partition coefficient (Wildman–Crippen LogP) is 3.20. The Morgan fingerprint density at radius 2 is 1.82 bits per heavy atom. The zero-order valence-electron chi connectivity index (χ0n) is 15.2. The van der Waals surface area contributed by atoms with Crippen LogP contribution in [0.15, 0.2) is 53.2 Å². The molecule has 0 fully saturated rings. The normalized spacial score (nSPS) is 10.8. The monoisotopic (exact) mass is 381 g/mol. The van der Waals surface area contributed by atoms with Crippen molar-refractivity contribution in [3.05, 3.63) is 60.0 Å². The van der Waals surface area contributed by atoms with Gasteiger partial charge in [-0.15, -0.1) is 5.10 Å². The number of rotatable bonds is 6. The minimum atomic E-state index is -0.280. The Balaban J connectivity index is 1.55. The summed E-state index contributed by atoms with van der Waals surface area (Å²) < 4.78 is 30.5. The van der Waals surface area contributed by atoms with Crippen LogP contribution in [0.3, 0.4) is 0 Å². The maximum atomic E-state index is 13.0. The Labute approximate surface area is 159 Å². The lowest BCUT2D eigenvalue weighted by Crippen LogP contribution is -2.00. The molecule has 0 saturated heterocycles. The van der Waals surface area contributed by atoms with Crippen LogP contribution in [0.2, 0.25) is 0 Å². The molecule has 2 aromatic carbocycles.